The van der Waals surface area contributed by atoms with E-state index in [4.69, 9.17) is 4.74 Å². The summed E-state index contributed by atoms with van der Waals surface area (Å²) in [5.41, 5.74) is 1.16. The summed E-state index contributed by atoms with van der Waals surface area (Å²) >= 11 is 3.25. The van der Waals surface area contributed by atoms with Crippen molar-refractivity contribution in [3.05, 3.63) is 34.1 Å². The quantitative estimate of drug-likeness (QED) is 0.892. The third kappa shape index (κ3) is 4.26. The van der Waals surface area contributed by atoms with Gasteiger partial charge in [-0.1, -0.05) is 13.0 Å². The van der Waals surface area contributed by atoms with Gasteiger partial charge in [-0.2, -0.15) is 0 Å². The second kappa shape index (κ2) is 7.36. The van der Waals surface area contributed by atoms with Crippen molar-refractivity contribution in [2.24, 2.45) is 5.92 Å². The average molecular weight is 330 g/mol. The van der Waals surface area contributed by atoms with Gasteiger partial charge in [-0.05, 0) is 59.4 Å². The van der Waals surface area contributed by atoms with Crippen molar-refractivity contribution in [3.63, 3.8) is 0 Å². The number of rotatable bonds is 5. The van der Waals surface area contributed by atoms with E-state index in [1.54, 1.807) is 0 Å². The van der Waals surface area contributed by atoms with Crippen LogP contribution in [0.25, 0.3) is 0 Å². The Balaban J connectivity index is 1.99. The van der Waals surface area contributed by atoms with Crippen molar-refractivity contribution >= 4 is 15.9 Å². The summed E-state index contributed by atoms with van der Waals surface area (Å²) in [4.78, 5) is 0. The highest BCUT2D eigenvalue weighted by Gasteiger charge is 2.25. The Bertz CT molecular complexity index is 413. The molecule has 0 radical (unpaired) electrons. The van der Waals surface area contributed by atoms with E-state index in [1.807, 2.05) is 12.1 Å². The Morgan fingerprint density at radius 3 is 3.05 bits per heavy atom. The van der Waals surface area contributed by atoms with Gasteiger partial charge in [-0.3, -0.25) is 0 Å². The van der Waals surface area contributed by atoms with Crippen LogP contribution in [-0.2, 0) is 11.2 Å². The number of nitrogens with one attached hydrogen (secondary N) is 1. The topological polar surface area (TPSA) is 21.3 Å². The molecule has 4 heteroatoms. The molecule has 1 heterocycles. The Labute approximate surface area is 122 Å². The molecule has 1 aliphatic heterocycles. The fourth-order valence-electron chi connectivity index (χ4n) is 2.57. The van der Waals surface area contributed by atoms with Gasteiger partial charge in [0.15, 0.2) is 0 Å². The van der Waals surface area contributed by atoms with Gasteiger partial charge in [0.2, 0.25) is 0 Å². The molecule has 2 atom stereocenters. The highest BCUT2D eigenvalue weighted by molar-refractivity contribution is 9.10. The monoisotopic (exact) mass is 329 g/mol. The smallest absolute Gasteiger partial charge is 0.137 e. The summed E-state index contributed by atoms with van der Waals surface area (Å²) in [7, 11) is 0. The van der Waals surface area contributed by atoms with Crippen LogP contribution in [0.3, 0.4) is 0 Å². The second-order valence-electron chi connectivity index (χ2n) is 5.14. The van der Waals surface area contributed by atoms with Gasteiger partial charge in [0, 0.05) is 18.6 Å². The van der Waals surface area contributed by atoms with Gasteiger partial charge in [-0.15, -0.1) is 0 Å². The van der Waals surface area contributed by atoms with Gasteiger partial charge in [0.05, 0.1) is 11.1 Å². The molecule has 19 heavy (non-hydrogen) atoms. The number of benzene rings is 1. The fraction of sp³-hybridized carbons (Fsp3) is 0.600. The molecule has 1 aromatic carbocycles. The van der Waals surface area contributed by atoms with Crippen LogP contribution in [0, 0.1) is 11.7 Å². The number of ether oxygens (including phenoxy) is 1. The maximum absolute atomic E-state index is 13.2. The molecule has 1 N–H and O–H groups in total. The first-order valence-corrected chi connectivity index (χ1v) is 7.75. The van der Waals surface area contributed by atoms with Crippen LogP contribution in [0.2, 0.25) is 0 Å². The van der Waals surface area contributed by atoms with E-state index in [2.05, 4.69) is 28.2 Å². The first-order chi connectivity index (χ1) is 9.20. The van der Waals surface area contributed by atoms with Gasteiger partial charge >= 0.3 is 0 Å². The Morgan fingerprint density at radius 1 is 1.47 bits per heavy atom. The van der Waals surface area contributed by atoms with Crippen molar-refractivity contribution < 1.29 is 9.13 Å². The zero-order valence-corrected chi connectivity index (χ0v) is 12.9. The minimum Gasteiger partial charge on any atom is -0.381 e. The van der Waals surface area contributed by atoms with Crippen molar-refractivity contribution in [2.45, 2.75) is 32.2 Å². The standard InChI is InChI=1S/C15H21BrFNO/c1-2-6-18-15-5-7-19-10-12(15)8-11-3-4-14(17)13(16)9-11/h3-4,9,12,15,18H,2,5-8,10H2,1H3. The molecule has 0 aliphatic carbocycles. The maximum atomic E-state index is 13.2. The van der Waals surface area contributed by atoms with Crippen molar-refractivity contribution in [3.8, 4) is 0 Å². The van der Waals surface area contributed by atoms with E-state index in [0.29, 0.717) is 16.4 Å². The summed E-state index contributed by atoms with van der Waals surface area (Å²) in [5, 5.41) is 3.60. The van der Waals surface area contributed by atoms with E-state index >= 15 is 0 Å². The molecule has 106 valence electrons. The molecule has 1 fully saturated rings. The molecule has 0 saturated carbocycles. The minimum absolute atomic E-state index is 0.204. The zero-order valence-electron chi connectivity index (χ0n) is 11.3. The lowest BCUT2D eigenvalue weighted by Crippen LogP contribution is -2.44. The molecule has 1 saturated heterocycles. The van der Waals surface area contributed by atoms with Crippen LogP contribution >= 0.6 is 15.9 Å². The lowest BCUT2D eigenvalue weighted by Gasteiger charge is -2.32. The average Bonchev–Trinajstić information content (AvgIpc) is 2.42. The maximum Gasteiger partial charge on any atom is 0.137 e. The number of hydrogen-bond donors (Lipinski definition) is 1. The molecular formula is C15H21BrFNO. The molecule has 1 aromatic rings. The van der Waals surface area contributed by atoms with E-state index in [0.717, 1.165) is 44.6 Å². The molecule has 2 nitrogen and oxygen atoms in total. The van der Waals surface area contributed by atoms with Crippen LogP contribution in [-0.4, -0.2) is 25.8 Å². The Hall–Kier alpha value is -0.450. The molecule has 0 aromatic heterocycles. The van der Waals surface area contributed by atoms with E-state index in [-0.39, 0.29) is 5.82 Å². The third-order valence-electron chi connectivity index (χ3n) is 3.61. The van der Waals surface area contributed by atoms with Crippen LogP contribution < -0.4 is 5.32 Å². The summed E-state index contributed by atoms with van der Waals surface area (Å²) in [6.07, 6.45) is 3.14. The summed E-state index contributed by atoms with van der Waals surface area (Å²) in [5.74, 6) is 0.266. The third-order valence-corrected chi connectivity index (χ3v) is 4.22. The van der Waals surface area contributed by atoms with Crippen LogP contribution in [0.4, 0.5) is 4.39 Å². The molecule has 1 aliphatic rings. The molecule has 2 unspecified atom stereocenters. The Morgan fingerprint density at radius 2 is 2.32 bits per heavy atom. The van der Waals surface area contributed by atoms with Gasteiger partial charge in [0.25, 0.3) is 0 Å². The van der Waals surface area contributed by atoms with E-state index in [1.165, 1.54) is 6.07 Å². The fourth-order valence-corrected chi connectivity index (χ4v) is 2.99. The molecule has 0 amide bonds. The lowest BCUT2D eigenvalue weighted by molar-refractivity contribution is 0.0322. The van der Waals surface area contributed by atoms with Crippen molar-refractivity contribution in [1.29, 1.82) is 0 Å². The molecule has 0 spiro atoms. The molecular weight excluding hydrogens is 309 g/mol. The lowest BCUT2D eigenvalue weighted by atomic mass is 9.89. The first-order valence-electron chi connectivity index (χ1n) is 6.95. The summed E-state index contributed by atoms with van der Waals surface area (Å²) in [6, 6.07) is 5.78. The van der Waals surface area contributed by atoms with Crippen molar-refractivity contribution in [1.82, 2.24) is 5.32 Å². The second-order valence-corrected chi connectivity index (χ2v) is 5.99. The van der Waals surface area contributed by atoms with E-state index in [9.17, 15) is 4.39 Å². The largest absolute Gasteiger partial charge is 0.381 e. The normalized spacial score (nSPS) is 23.5. The summed E-state index contributed by atoms with van der Waals surface area (Å²) < 4.78 is 19.4. The number of halogens is 2. The Kier molecular flexibility index (Phi) is 5.79. The molecule has 2 rings (SSSR count). The zero-order chi connectivity index (χ0) is 13.7. The highest BCUT2D eigenvalue weighted by Crippen LogP contribution is 2.23. The van der Waals surface area contributed by atoms with Gasteiger partial charge < -0.3 is 10.1 Å². The van der Waals surface area contributed by atoms with Crippen LogP contribution in [0.1, 0.15) is 25.3 Å². The van der Waals surface area contributed by atoms with Crippen LogP contribution in [0.5, 0.6) is 0 Å². The minimum atomic E-state index is -0.204. The summed E-state index contributed by atoms with van der Waals surface area (Å²) in [6.45, 7) is 4.86. The first kappa shape index (κ1) is 14.9. The predicted octanol–water partition coefficient (Wildman–Crippen LogP) is 3.54. The number of hydrogen-bond acceptors (Lipinski definition) is 2. The predicted molar refractivity (Wildman–Crippen MR) is 78.8 cm³/mol. The van der Waals surface area contributed by atoms with Gasteiger partial charge in [0.1, 0.15) is 5.82 Å². The molecule has 0 bridgehead atoms. The highest BCUT2D eigenvalue weighted by atomic mass is 79.9. The SMILES string of the molecule is CCCNC1CCOCC1Cc1ccc(F)c(Br)c1. The van der Waals surface area contributed by atoms with Gasteiger partial charge in [-0.25, -0.2) is 4.39 Å². The van der Waals surface area contributed by atoms with Crippen molar-refractivity contribution in [2.75, 3.05) is 19.8 Å². The van der Waals surface area contributed by atoms with Crippen LogP contribution in [0.15, 0.2) is 22.7 Å². The van der Waals surface area contributed by atoms with E-state index < -0.39 is 0 Å².